The van der Waals surface area contributed by atoms with Crippen LogP contribution in [0.4, 0.5) is 0 Å². The standard InChI is InChI=1S/C12H13NO2/c14-12(10-6-2-1-3-7-10)15-11-8-4-5-9-13-11/h4-6,8-9H,1-3,7H2. The SMILES string of the molecule is O=C(Oc1ccccn1)C1=CCCCC1. The Hall–Kier alpha value is -1.64. The van der Waals surface area contributed by atoms with Crippen molar-refractivity contribution in [3.05, 3.63) is 36.0 Å². The van der Waals surface area contributed by atoms with Crippen LogP contribution < -0.4 is 4.74 Å². The molecular weight excluding hydrogens is 190 g/mol. The number of allylic oxidation sites excluding steroid dienone is 1. The molecule has 1 aromatic rings. The van der Waals surface area contributed by atoms with Crippen molar-refractivity contribution >= 4 is 5.97 Å². The van der Waals surface area contributed by atoms with Crippen LogP contribution in [0.15, 0.2) is 36.0 Å². The van der Waals surface area contributed by atoms with Crippen molar-refractivity contribution in [1.82, 2.24) is 4.98 Å². The predicted molar refractivity (Wildman–Crippen MR) is 56.4 cm³/mol. The minimum absolute atomic E-state index is 0.256. The first-order valence-corrected chi connectivity index (χ1v) is 5.18. The fraction of sp³-hybridized carbons (Fsp3) is 0.333. The summed E-state index contributed by atoms with van der Waals surface area (Å²) < 4.78 is 5.14. The maximum absolute atomic E-state index is 11.6. The van der Waals surface area contributed by atoms with Gasteiger partial charge in [0.15, 0.2) is 0 Å². The van der Waals surface area contributed by atoms with Gasteiger partial charge in [0, 0.05) is 17.8 Å². The molecule has 0 spiro atoms. The summed E-state index contributed by atoms with van der Waals surface area (Å²) in [7, 11) is 0. The van der Waals surface area contributed by atoms with Crippen molar-refractivity contribution in [2.75, 3.05) is 0 Å². The number of hydrogen-bond acceptors (Lipinski definition) is 3. The Morgan fingerprint density at radius 3 is 2.93 bits per heavy atom. The van der Waals surface area contributed by atoms with Gasteiger partial charge in [-0.1, -0.05) is 12.1 Å². The van der Waals surface area contributed by atoms with Gasteiger partial charge in [-0.25, -0.2) is 9.78 Å². The van der Waals surface area contributed by atoms with Crippen molar-refractivity contribution in [3.8, 4) is 5.88 Å². The third kappa shape index (κ3) is 2.65. The molecule has 2 rings (SSSR count). The van der Waals surface area contributed by atoms with Gasteiger partial charge in [-0.05, 0) is 31.7 Å². The molecule has 1 heterocycles. The van der Waals surface area contributed by atoms with Crippen molar-refractivity contribution < 1.29 is 9.53 Å². The topological polar surface area (TPSA) is 39.2 Å². The summed E-state index contributed by atoms with van der Waals surface area (Å²) in [5, 5.41) is 0. The van der Waals surface area contributed by atoms with Gasteiger partial charge in [0.1, 0.15) is 0 Å². The van der Waals surface area contributed by atoms with Gasteiger partial charge in [0.2, 0.25) is 5.88 Å². The van der Waals surface area contributed by atoms with Gasteiger partial charge in [0.05, 0.1) is 0 Å². The van der Waals surface area contributed by atoms with Gasteiger partial charge in [-0.3, -0.25) is 0 Å². The molecular formula is C12H13NO2. The average molecular weight is 203 g/mol. The molecule has 15 heavy (non-hydrogen) atoms. The monoisotopic (exact) mass is 203 g/mol. The zero-order chi connectivity index (χ0) is 10.5. The van der Waals surface area contributed by atoms with Gasteiger partial charge in [-0.15, -0.1) is 0 Å². The van der Waals surface area contributed by atoms with Crippen LogP contribution in [-0.4, -0.2) is 11.0 Å². The van der Waals surface area contributed by atoms with Crippen LogP contribution in [0.25, 0.3) is 0 Å². The van der Waals surface area contributed by atoms with E-state index in [-0.39, 0.29) is 5.97 Å². The van der Waals surface area contributed by atoms with Crippen molar-refractivity contribution in [2.45, 2.75) is 25.7 Å². The zero-order valence-corrected chi connectivity index (χ0v) is 8.48. The van der Waals surface area contributed by atoms with Crippen molar-refractivity contribution in [2.24, 2.45) is 0 Å². The highest BCUT2D eigenvalue weighted by atomic mass is 16.5. The van der Waals surface area contributed by atoms with Crippen LogP contribution in [0.3, 0.4) is 0 Å². The summed E-state index contributed by atoms with van der Waals surface area (Å²) in [5.41, 5.74) is 0.784. The molecule has 1 aromatic heterocycles. The molecule has 0 aromatic carbocycles. The lowest BCUT2D eigenvalue weighted by Gasteiger charge is -2.10. The predicted octanol–water partition coefficient (Wildman–Crippen LogP) is 2.49. The third-order valence-corrected chi connectivity index (χ3v) is 2.39. The molecule has 0 saturated carbocycles. The largest absolute Gasteiger partial charge is 0.404 e. The molecule has 3 heteroatoms. The van der Waals surface area contributed by atoms with Crippen molar-refractivity contribution in [3.63, 3.8) is 0 Å². The first-order chi connectivity index (χ1) is 7.36. The minimum Gasteiger partial charge on any atom is -0.404 e. The zero-order valence-electron chi connectivity index (χ0n) is 8.48. The highest BCUT2D eigenvalue weighted by Crippen LogP contribution is 2.19. The summed E-state index contributed by atoms with van der Waals surface area (Å²) in [4.78, 5) is 15.6. The normalized spacial score (nSPS) is 15.6. The maximum atomic E-state index is 11.6. The molecule has 0 saturated heterocycles. The second kappa shape index (κ2) is 4.73. The van der Waals surface area contributed by atoms with E-state index >= 15 is 0 Å². The van der Waals surface area contributed by atoms with Gasteiger partial charge in [-0.2, -0.15) is 0 Å². The van der Waals surface area contributed by atoms with Crippen LogP contribution in [-0.2, 0) is 4.79 Å². The van der Waals surface area contributed by atoms with Crippen LogP contribution in [0.1, 0.15) is 25.7 Å². The summed E-state index contributed by atoms with van der Waals surface area (Å²) in [6.07, 6.45) is 7.62. The molecule has 0 bridgehead atoms. The molecule has 0 radical (unpaired) electrons. The van der Waals surface area contributed by atoms with E-state index in [1.807, 2.05) is 6.08 Å². The Kier molecular flexibility index (Phi) is 3.12. The lowest BCUT2D eigenvalue weighted by atomic mass is 10.00. The Morgan fingerprint density at radius 2 is 2.27 bits per heavy atom. The smallest absolute Gasteiger partial charge is 0.340 e. The Labute approximate surface area is 88.8 Å². The molecule has 0 amide bonds. The Bertz CT molecular complexity index is 370. The first-order valence-electron chi connectivity index (χ1n) is 5.18. The van der Waals surface area contributed by atoms with Gasteiger partial charge in [0.25, 0.3) is 0 Å². The lowest BCUT2D eigenvalue weighted by Crippen LogP contribution is -2.13. The van der Waals surface area contributed by atoms with E-state index in [0.717, 1.165) is 24.8 Å². The second-order valence-electron chi connectivity index (χ2n) is 3.53. The van der Waals surface area contributed by atoms with Crippen LogP contribution >= 0.6 is 0 Å². The number of esters is 1. The fourth-order valence-corrected chi connectivity index (χ4v) is 1.59. The van der Waals surface area contributed by atoms with E-state index in [4.69, 9.17) is 4.74 Å². The highest BCUT2D eigenvalue weighted by molar-refractivity contribution is 5.90. The first kappa shape index (κ1) is 9.90. The van der Waals surface area contributed by atoms with Gasteiger partial charge < -0.3 is 4.74 Å². The molecule has 0 atom stereocenters. The van der Waals surface area contributed by atoms with Crippen LogP contribution in [0, 0.1) is 0 Å². The Morgan fingerprint density at radius 1 is 1.33 bits per heavy atom. The number of nitrogens with zero attached hydrogens (tertiary/aromatic N) is 1. The molecule has 1 aliphatic rings. The van der Waals surface area contributed by atoms with Crippen LogP contribution in [0.5, 0.6) is 5.88 Å². The molecule has 1 aliphatic carbocycles. The third-order valence-electron chi connectivity index (χ3n) is 2.39. The molecule has 0 unspecified atom stereocenters. The second-order valence-corrected chi connectivity index (χ2v) is 3.53. The molecule has 78 valence electrons. The number of ether oxygens (including phenoxy) is 1. The number of carbonyl (C=O) groups is 1. The Balaban J connectivity index is 2.00. The molecule has 3 nitrogen and oxygen atoms in total. The molecule has 0 fully saturated rings. The number of carbonyl (C=O) groups excluding carboxylic acids is 1. The van der Waals surface area contributed by atoms with E-state index in [1.165, 1.54) is 6.42 Å². The van der Waals surface area contributed by atoms with Crippen molar-refractivity contribution in [1.29, 1.82) is 0 Å². The van der Waals surface area contributed by atoms with Gasteiger partial charge >= 0.3 is 5.97 Å². The van der Waals surface area contributed by atoms with Crippen LogP contribution in [0.2, 0.25) is 0 Å². The number of hydrogen-bond donors (Lipinski definition) is 0. The highest BCUT2D eigenvalue weighted by Gasteiger charge is 2.14. The number of rotatable bonds is 2. The molecule has 0 aliphatic heterocycles. The van der Waals surface area contributed by atoms with E-state index in [0.29, 0.717) is 5.88 Å². The number of pyridine rings is 1. The average Bonchev–Trinajstić information content (AvgIpc) is 2.31. The van der Waals surface area contributed by atoms with E-state index < -0.39 is 0 Å². The summed E-state index contributed by atoms with van der Waals surface area (Å²) in [5.74, 6) is 0.113. The fourth-order valence-electron chi connectivity index (χ4n) is 1.59. The lowest BCUT2D eigenvalue weighted by molar-refractivity contribution is -0.130. The van der Waals surface area contributed by atoms with E-state index in [1.54, 1.807) is 24.4 Å². The summed E-state index contributed by atoms with van der Waals surface area (Å²) >= 11 is 0. The van der Waals surface area contributed by atoms with E-state index in [9.17, 15) is 4.79 Å². The quantitative estimate of drug-likeness (QED) is 0.693. The maximum Gasteiger partial charge on any atom is 0.340 e. The minimum atomic E-state index is -0.256. The number of aromatic nitrogens is 1. The summed E-state index contributed by atoms with van der Waals surface area (Å²) in [6, 6.07) is 5.27. The summed E-state index contributed by atoms with van der Waals surface area (Å²) in [6.45, 7) is 0. The molecule has 0 N–H and O–H groups in total. The van der Waals surface area contributed by atoms with E-state index in [2.05, 4.69) is 4.98 Å².